The average Bonchev–Trinajstić information content (AvgIpc) is 3.15. The van der Waals surface area contributed by atoms with Gasteiger partial charge in [-0.15, -0.1) is 11.3 Å². The number of rotatable bonds is 6. The van der Waals surface area contributed by atoms with Crippen LogP contribution in [0.1, 0.15) is 17.7 Å². The topological polar surface area (TPSA) is 71.5 Å². The van der Waals surface area contributed by atoms with Gasteiger partial charge in [-0.25, -0.2) is 9.37 Å². The Kier molecular flexibility index (Phi) is 4.88. The van der Waals surface area contributed by atoms with Crippen molar-refractivity contribution in [1.82, 2.24) is 4.98 Å². The predicted octanol–water partition coefficient (Wildman–Crippen LogP) is 3.17. The average molecular weight is 336 g/mol. The fourth-order valence-corrected chi connectivity index (χ4v) is 3.51. The number of thiazole rings is 1. The minimum absolute atomic E-state index is 0.105. The number of ether oxygens (including phenoxy) is 1. The van der Waals surface area contributed by atoms with Crippen LogP contribution in [0.5, 0.6) is 0 Å². The number of nitrogens with one attached hydrogen (secondary N) is 1. The number of aromatic nitrogens is 1. The van der Waals surface area contributed by atoms with Crippen LogP contribution in [0.15, 0.2) is 24.3 Å². The molecule has 2 N–H and O–H groups in total. The zero-order valence-electron chi connectivity index (χ0n) is 12.4. The zero-order chi connectivity index (χ0) is 16.2. The highest BCUT2D eigenvalue weighted by Gasteiger charge is 2.18. The lowest BCUT2D eigenvalue weighted by molar-refractivity contribution is -0.136. The minimum Gasteiger partial charge on any atom is -0.481 e. The van der Waals surface area contributed by atoms with Crippen LogP contribution in [0.4, 0.5) is 9.52 Å². The van der Waals surface area contributed by atoms with Crippen molar-refractivity contribution >= 4 is 22.4 Å². The summed E-state index contributed by atoms with van der Waals surface area (Å²) in [6.07, 6.45) is 2.16. The van der Waals surface area contributed by atoms with E-state index in [0.29, 0.717) is 27.8 Å². The maximum Gasteiger partial charge on any atom is 0.308 e. The largest absolute Gasteiger partial charge is 0.481 e. The molecule has 1 aliphatic heterocycles. The number of nitrogens with zero attached hydrogens (tertiary/aromatic N) is 1. The lowest BCUT2D eigenvalue weighted by Crippen LogP contribution is -2.18. The molecule has 1 saturated heterocycles. The van der Waals surface area contributed by atoms with E-state index in [2.05, 4.69) is 10.3 Å². The second-order valence-corrected chi connectivity index (χ2v) is 6.47. The third-order valence-electron chi connectivity index (χ3n) is 3.63. The van der Waals surface area contributed by atoms with E-state index in [1.807, 2.05) is 0 Å². The monoisotopic (exact) mass is 336 g/mol. The lowest BCUT2D eigenvalue weighted by atomic mass is 10.1. The van der Waals surface area contributed by atoms with Crippen molar-refractivity contribution in [2.24, 2.45) is 0 Å². The van der Waals surface area contributed by atoms with E-state index in [0.717, 1.165) is 19.4 Å². The number of hydrogen-bond acceptors (Lipinski definition) is 5. The molecule has 7 heteroatoms. The third-order valence-corrected chi connectivity index (χ3v) is 4.64. The van der Waals surface area contributed by atoms with E-state index in [-0.39, 0.29) is 18.3 Å². The Balaban J connectivity index is 1.80. The summed E-state index contributed by atoms with van der Waals surface area (Å²) in [6.45, 7) is 1.44. The molecule has 0 amide bonds. The molecule has 0 spiro atoms. The summed E-state index contributed by atoms with van der Waals surface area (Å²) in [6, 6.07) is 5.91. The van der Waals surface area contributed by atoms with E-state index in [4.69, 9.17) is 9.84 Å². The van der Waals surface area contributed by atoms with Gasteiger partial charge in [0.15, 0.2) is 5.13 Å². The van der Waals surface area contributed by atoms with Crippen molar-refractivity contribution < 1.29 is 19.0 Å². The smallest absolute Gasteiger partial charge is 0.308 e. The molecule has 122 valence electrons. The molecule has 23 heavy (non-hydrogen) atoms. The summed E-state index contributed by atoms with van der Waals surface area (Å²) in [5.41, 5.74) is 1.30. The van der Waals surface area contributed by atoms with Crippen LogP contribution in [0, 0.1) is 5.82 Å². The lowest BCUT2D eigenvalue weighted by Gasteiger charge is -2.09. The maximum absolute atomic E-state index is 13.1. The predicted molar refractivity (Wildman–Crippen MR) is 86.3 cm³/mol. The van der Waals surface area contributed by atoms with Crippen LogP contribution in [-0.4, -0.2) is 35.3 Å². The molecule has 2 aromatic rings. The number of benzene rings is 1. The number of carbonyl (C=O) groups is 1. The third kappa shape index (κ3) is 4.05. The number of carboxylic acid groups (broad SMARTS) is 1. The van der Waals surface area contributed by atoms with E-state index >= 15 is 0 Å². The van der Waals surface area contributed by atoms with Gasteiger partial charge in [-0.1, -0.05) is 0 Å². The Morgan fingerprint density at radius 3 is 2.87 bits per heavy atom. The summed E-state index contributed by atoms with van der Waals surface area (Å²) >= 11 is 1.32. The summed E-state index contributed by atoms with van der Waals surface area (Å²) in [7, 11) is 0. The first-order chi connectivity index (χ1) is 11.1. The van der Waals surface area contributed by atoms with Crippen molar-refractivity contribution in [1.29, 1.82) is 0 Å². The first-order valence-corrected chi connectivity index (χ1v) is 8.26. The molecule has 1 atom stereocenters. The molecule has 0 saturated carbocycles. The fourth-order valence-electron chi connectivity index (χ4n) is 2.52. The van der Waals surface area contributed by atoms with Crippen molar-refractivity contribution in [3.63, 3.8) is 0 Å². The van der Waals surface area contributed by atoms with Crippen molar-refractivity contribution in [3.05, 3.63) is 35.0 Å². The molecule has 0 unspecified atom stereocenters. The van der Waals surface area contributed by atoms with Crippen LogP contribution >= 0.6 is 11.3 Å². The summed E-state index contributed by atoms with van der Waals surface area (Å²) in [4.78, 5) is 16.2. The van der Waals surface area contributed by atoms with Crippen LogP contribution in [0.2, 0.25) is 0 Å². The number of hydrogen-bond donors (Lipinski definition) is 2. The van der Waals surface area contributed by atoms with Gasteiger partial charge in [0, 0.05) is 23.6 Å². The first kappa shape index (κ1) is 15.9. The molecule has 0 aliphatic carbocycles. The second-order valence-electron chi connectivity index (χ2n) is 5.38. The molecule has 0 radical (unpaired) electrons. The van der Waals surface area contributed by atoms with Crippen LogP contribution in [-0.2, 0) is 16.0 Å². The van der Waals surface area contributed by atoms with Gasteiger partial charge in [0.05, 0.1) is 18.2 Å². The van der Waals surface area contributed by atoms with Gasteiger partial charge in [-0.05, 0) is 37.1 Å². The van der Waals surface area contributed by atoms with Gasteiger partial charge in [0.25, 0.3) is 0 Å². The molecular formula is C16H17FN2O3S. The molecule has 1 fully saturated rings. The Bertz CT molecular complexity index is 681. The standard InChI is InChI=1S/C16H17FN2O3S/c17-11-5-3-10(4-6-11)15-13(8-14(20)21)23-16(19-15)18-9-12-2-1-7-22-12/h3-6,12H,1-2,7-9H2,(H,18,19)(H,20,21)/t12-/m0/s1. The van der Waals surface area contributed by atoms with E-state index in [1.165, 1.54) is 23.5 Å². The SMILES string of the molecule is O=C(O)Cc1sc(NC[C@@H]2CCCO2)nc1-c1ccc(F)cc1. The van der Waals surface area contributed by atoms with E-state index in [9.17, 15) is 9.18 Å². The van der Waals surface area contributed by atoms with Gasteiger partial charge in [0.1, 0.15) is 5.82 Å². The minimum atomic E-state index is -0.914. The van der Waals surface area contributed by atoms with Crippen molar-refractivity contribution in [2.45, 2.75) is 25.4 Å². The highest BCUT2D eigenvalue weighted by molar-refractivity contribution is 7.16. The fraction of sp³-hybridized carbons (Fsp3) is 0.375. The van der Waals surface area contributed by atoms with Crippen LogP contribution in [0.25, 0.3) is 11.3 Å². The second kappa shape index (κ2) is 7.06. The maximum atomic E-state index is 13.1. The van der Waals surface area contributed by atoms with Crippen LogP contribution in [0.3, 0.4) is 0 Å². The van der Waals surface area contributed by atoms with Crippen molar-refractivity contribution in [2.75, 3.05) is 18.5 Å². The van der Waals surface area contributed by atoms with Gasteiger partial charge in [-0.2, -0.15) is 0 Å². The number of halogens is 1. The number of aliphatic carboxylic acids is 1. The summed E-state index contributed by atoms with van der Waals surface area (Å²) in [5, 5.41) is 13.0. The number of carboxylic acids is 1. The molecule has 1 aromatic carbocycles. The zero-order valence-corrected chi connectivity index (χ0v) is 13.2. The molecule has 2 heterocycles. The van der Waals surface area contributed by atoms with Gasteiger partial charge < -0.3 is 15.2 Å². The Hall–Kier alpha value is -1.99. The summed E-state index contributed by atoms with van der Waals surface area (Å²) in [5.74, 6) is -1.25. The Morgan fingerprint density at radius 2 is 2.22 bits per heavy atom. The quantitative estimate of drug-likeness (QED) is 0.848. The van der Waals surface area contributed by atoms with Crippen LogP contribution < -0.4 is 5.32 Å². The Morgan fingerprint density at radius 1 is 1.43 bits per heavy atom. The van der Waals surface area contributed by atoms with E-state index < -0.39 is 5.97 Å². The highest BCUT2D eigenvalue weighted by atomic mass is 32.1. The molecule has 1 aromatic heterocycles. The number of anilines is 1. The van der Waals surface area contributed by atoms with Gasteiger partial charge in [0.2, 0.25) is 0 Å². The first-order valence-electron chi connectivity index (χ1n) is 7.45. The molecule has 1 aliphatic rings. The van der Waals surface area contributed by atoms with Gasteiger partial charge in [-0.3, -0.25) is 4.79 Å². The van der Waals surface area contributed by atoms with E-state index in [1.54, 1.807) is 12.1 Å². The van der Waals surface area contributed by atoms with Gasteiger partial charge >= 0.3 is 5.97 Å². The molecule has 0 bridgehead atoms. The van der Waals surface area contributed by atoms with Crippen molar-refractivity contribution in [3.8, 4) is 11.3 Å². The summed E-state index contributed by atoms with van der Waals surface area (Å²) < 4.78 is 18.6. The Labute approximate surface area is 137 Å². The highest BCUT2D eigenvalue weighted by Crippen LogP contribution is 2.32. The molecule has 3 rings (SSSR count). The molecular weight excluding hydrogens is 319 g/mol. The molecule has 5 nitrogen and oxygen atoms in total. The normalized spacial score (nSPS) is 17.3.